The molecule has 3 aromatic carbocycles. The zero-order valence-electron chi connectivity index (χ0n) is 26.8. The van der Waals surface area contributed by atoms with Gasteiger partial charge in [-0.25, -0.2) is 4.98 Å². The monoisotopic (exact) mass is 618 g/mol. The molecule has 0 fully saturated rings. The molecule has 2 heterocycles. The van der Waals surface area contributed by atoms with Crippen molar-refractivity contribution in [2.45, 2.75) is 53.6 Å². The molecule has 4 aromatic rings. The summed E-state index contributed by atoms with van der Waals surface area (Å²) in [5, 5.41) is 0. The SMILES string of the molecule is Cc1ccc(C(=O)N(CC(=O)CCN2C(=O)c3ccccc3C2=O)C(c2nc(C)c(C)c(=O)n2Cc2ccccc2)C(C)C)cc1. The number of aromatic nitrogens is 2. The summed E-state index contributed by atoms with van der Waals surface area (Å²) in [5.41, 5.74) is 3.74. The molecule has 1 aromatic heterocycles. The third kappa shape index (κ3) is 6.44. The summed E-state index contributed by atoms with van der Waals surface area (Å²) in [7, 11) is 0. The van der Waals surface area contributed by atoms with E-state index in [9.17, 15) is 24.0 Å². The highest BCUT2D eigenvalue weighted by Crippen LogP contribution is 2.30. The van der Waals surface area contributed by atoms with Gasteiger partial charge in [0.15, 0.2) is 5.78 Å². The average Bonchev–Trinajstić information content (AvgIpc) is 3.29. The second-order valence-corrected chi connectivity index (χ2v) is 12.1. The molecule has 0 bridgehead atoms. The first-order chi connectivity index (χ1) is 22.0. The average molecular weight is 619 g/mol. The number of nitrogens with zero attached hydrogens (tertiary/aromatic N) is 4. The zero-order valence-corrected chi connectivity index (χ0v) is 26.8. The van der Waals surface area contributed by atoms with Crippen LogP contribution in [0, 0.1) is 26.7 Å². The zero-order chi connectivity index (χ0) is 33.1. The van der Waals surface area contributed by atoms with E-state index in [0.717, 1.165) is 16.0 Å². The van der Waals surface area contributed by atoms with Crippen molar-refractivity contribution >= 4 is 23.5 Å². The number of Topliss-reactive ketones (excluding diaryl/α,β-unsaturated/α-hetero) is 1. The topological polar surface area (TPSA) is 110 Å². The Bertz CT molecular complexity index is 1830. The van der Waals surface area contributed by atoms with Crippen molar-refractivity contribution in [1.82, 2.24) is 19.4 Å². The minimum absolute atomic E-state index is 0.106. The Labute approximate surface area is 268 Å². The number of rotatable bonds is 11. The Hall–Kier alpha value is -5.18. The highest BCUT2D eigenvalue weighted by atomic mass is 16.2. The summed E-state index contributed by atoms with van der Waals surface area (Å²) in [6.45, 7) is 9.12. The van der Waals surface area contributed by atoms with E-state index in [1.54, 1.807) is 54.8 Å². The third-order valence-electron chi connectivity index (χ3n) is 8.48. The number of carbonyl (C=O) groups is 4. The predicted molar refractivity (Wildman–Crippen MR) is 175 cm³/mol. The van der Waals surface area contributed by atoms with E-state index in [2.05, 4.69) is 0 Å². The van der Waals surface area contributed by atoms with E-state index in [4.69, 9.17) is 4.98 Å². The van der Waals surface area contributed by atoms with Gasteiger partial charge >= 0.3 is 0 Å². The predicted octanol–water partition coefficient (Wildman–Crippen LogP) is 5.31. The maximum absolute atomic E-state index is 14.3. The van der Waals surface area contributed by atoms with Crippen LogP contribution in [0.5, 0.6) is 0 Å². The first-order valence-electron chi connectivity index (χ1n) is 15.4. The van der Waals surface area contributed by atoms with Gasteiger partial charge in [0.2, 0.25) is 0 Å². The highest BCUT2D eigenvalue weighted by molar-refractivity contribution is 6.21. The van der Waals surface area contributed by atoms with E-state index in [1.807, 2.05) is 63.2 Å². The molecule has 0 aliphatic carbocycles. The fraction of sp³-hybridized carbons (Fsp3) is 0.297. The molecule has 236 valence electrons. The minimum Gasteiger partial charge on any atom is -0.321 e. The molecule has 3 amide bonds. The second-order valence-electron chi connectivity index (χ2n) is 12.1. The van der Waals surface area contributed by atoms with Crippen LogP contribution in [0.2, 0.25) is 0 Å². The summed E-state index contributed by atoms with van der Waals surface area (Å²) in [6.07, 6.45) is -0.134. The standard InChI is InChI=1S/C37H38N4O5/c1-23(2)32(33-38-26(5)25(4)34(43)41(33)21-27-11-7-6-8-12-27)40(35(44)28-17-15-24(3)16-18-28)22-29(42)19-20-39-36(45)30-13-9-10-14-31(30)37(39)46/h6-18,23,32H,19-22H2,1-5H3. The summed E-state index contributed by atoms with van der Waals surface area (Å²) in [5.74, 6) is -1.44. The fourth-order valence-electron chi connectivity index (χ4n) is 5.83. The molecular weight excluding hydrogens is 580 g/mol. The van der Waals surface area contributed by atoms with Gasteiger partial charge < -0.3 is 4.90 Å². The lowest BCUT2D eigenvalue weighted by Gasteiger charge is -2.35. The Kier molecular flexibility index (Phi) is 9.41. The molecule has 1 atom stereocenters. The van der Waals surface area contributed by atoms with Crippen molar-refractivity contribution in [3.63, 3.8) is 0 Å². The quantitative estimate of drug-likeness (QED) is 0.211. The third-order valence-corrected chi connectivity index (χ3v) is 8.48. The number of carbonyl (C=O) groups excluding carboxylic acids is 4. The van der Waals surface area contributed by atoms with Crippen LogP contribution in [0.15, 0.2) is 83.7 Å². The van der Waals surface area contributed by atoms with Gasteiger partial charge in [-0.3, -0.25) is 33.4 Å². The van der Waals surface area contributed by atoms with Crippen LogP contribution in [0.4, 0.5) is 0 Å². The number of aryl methyl sites for hydroxylation is 2. The van der Waals surface area contributed by atoms with Crippen molar-refractivity contribution in [3.05, 3.63) is 134 Å². The maximum atomic E-state index is 14.3. The molecule has 0 spiro atoms. The largest absolute Gasteiger partial charge is 0.321 e. The molecule has 1 aliphatic rings. The minimum atomic E-state index is -0.743. The number of imide groups is 1. The molecule has 9 heteroatoms. The first-order valence-corrected chi connectivity index (χ1v) is 15.4. The van der Waals surface area contributed by atoms with E-state index in [1.165, 1.54) is 4.90 Å². The molecule has 9 nitrogen and oxygen atoms in total. The molecule has 1 unspecified atom stereocenters. The van der Waals surface area contributed by atoms with Gasteiger partial charge in [-0.1, -0.05) is 74.0 Å². The summed E-state index contributed by atoms with van der Waals surface area (Å²) in [4.78, 5) is 75.0. The number of hydrogen-bond donors (Lipinski definition) is 0. The van der Waals surface area contributed by atoms with Gasteiger partial charge in [0, 0.05) is 29.8 Å². The van der Waals surface area contributed by atoms with Crippen LogP contribution >= 0.6 is 0 Å². The van der Waals surface area contributed by atoms with Crippen LogP contribution < -0.4 is 5.56 Å². The van der Waals surface area contributed by atoms with Gasteiger partial charge in [-0.15, -0.1) is 0 Å². The number of fused-ring (bicyclic) bond motifs is 1. The normalized spacial score (nSPS) is 13.2. The smallest absolute Gasteiger partial charge is 0.261 e. The van der Waals surface area contributed by atoms with E-state index in [0.29, 0.717) is 33.8 Å². The molecule has 0 saturated heterocycles. The first kappa shape index (κ1) is 32.2. The number of hydrogen-bond acceptors (Lipinski definition) is 6. The van der Waals surface area contributed by atoms with Crippen molar-refractivity contribution in [2.24, 2.45) is 5.92 Å². The molecular formula is C37H38N4O5. The Morgan fingerprint density at radius 3 is 1.98 bits per heavy atom. The summed E-state index contributed by atoms with van der Waals surface area (Å²) >= 11 is 0. The fourth-order valence-corrected chi connectivity index (χ4v) is 5.83. The molecule has 5 rings (SSSR count). The van der Waals surface area contributed by atoms with Crippen molar-refractivity contribution in [1.29, 1.82) is 0 Å². The molecule has 1 aliphatic heterocycles. The molecule has 0 saturated carbocycles. The van der Waals surface area contributed by atoms with Crippen molar-refractivity contribution in [3.8, 4) is 0 Å². The van der Waals surface area contributed by atoms with Crippen LogP contribution in [-0.4, -0.2) is 55.9 Å². The maximum Gasteiger partial charge on any atom is 0.261 e. The number of amides is 3. The van der Waals surface area contributed by atoms with Gasteiger partial charge in [-0.05, 0) is 56.5 Å². The Morgan fingerprint density at radius 1 is 0.804 bits per heavy atom. The molecule has 0 radical (unpaired) electrons. The van der Waals surface area contributed by atoms with Gasteiger partial charge in [0.05, 0.1) is 30.3 Å². The number of benzene rings is 3. The Balaban J connectivity index is 1.51. The lowest BCUT2D eigenvalue weighted by Crippen LogP contribution is -2.44. The molecule has 0 N–H and O–H groups in total. The lowest BCUT2D eigenvalue weighted by atomic mass is 9.98. The van der Waals surface area contributed by atoms with Gasteiger partial charge in [0.25, 0.3) is 23.3 Å². The lowest BCUT2D eigenvalue weighted by molar-refractivity contribution is -0.120. The highest BCUT2D eigenvalue weighted by Gasteiger charge is 2.37. The molecule has 46 heavy (non-hydrogen) atoms. The van der Waals surface area contributed by atoms with E-state index in [-0.39, 0.29) is 49.2 Å². The Morgan fingerprint density at radius 2 is 1.39 bits per heavy atom. The second kappa shape index (κ2) is 13.4. The van der Waals surface area contributed by atoms with Crippen LogP contribution in [-0.2, 0) is 11.3 Å². The van der Waals surface area contributed by atoms with E-state index < -0.39 is 17.9 Å². The van der Waals surface area contributed by atoms with Crippen LogP contribution in [0.25, 0.3) is 0 Å². The summed E-state index contributed by atoms with van der Waals surface area (Å²) in [6, 6.07) is 22.5. The van der Waals surface area contributed by atoms with Crippen molar-refractivity contribution < 1.29 is 19.2 Å². The van der Waals surface area contributed by atoms with Crippen LogP contribution in [0.3, 0.4) is 0 Å². The summed E-state index contributed by atoms with van der Waals surface area (Å²) < 4.78 is 1.60. The van der Waals surface area contributed by atoms with Gasteiger partial charge in [0.1, 0.15) is 5.82 Å². The van der Waals surface area contributed by atoms with Crippen molar-refractivity contribution in [2.75, 3.05) is 13.1 Å². The van der Waals surface area contributed by atoms with Crippen LogP contribution in [0.1, 0.15) is 85.6 Å². The van der Waals surface area contributed by atoms with Gasteiger partial charge in [-0.2, -0.15) is 0 Å². The van der Waals surface area contributed by atoms with E-state index >= 15 is 0 Å². The number of ketones is 1.